The van der Waals surface area contributed by atoms with Gasteiger partial charge in [0.25, 0.3) is 0 Å². The molecule has 2 aromatic heterocycles. The molecule has 0 N–H and O–H groups in total. The summed E-state index contributed by atoms with van der Waals surface area (Å²) >= 11 is 0. The van der Waals surface area contributed by atoms with Crippen molar-refractivity contribution >= 4 is 5.70 Å². The van der Waals surface area contributed by atoms with E-state index in [2.05, 4.69) is 101 Å². The summed E-state index contributed by atoms with van der Waals surface area (Å²) in [5.74, 6) is 0.0496. The summed E-state index contributed by atoms with van der Waals surface area (Å²) in [5, 5.41) is 0. The van der Waals surface area contributed by atoms with Crippen LogP contribution in [0.3, 0.4) is 0 Å². The molecule has 2 nitrogen and oxygen atoms in total. The zero-order valence-corrected chi connectivity index (χ0v) is 21.4. The number of hydrogen-bond donors (Lipinski definition) is 0. The highest BCUT2D eigenvalue weighted by Crippen LogP contribution is 2.45. The molecule has 0 aliphatic carbocycles. The first-order valence-corrected chi connectivity index (χ1v) is 13.3. The van der Waals surface area contributed by atoms with Crippen molar-refractivity contribution in [2.75, 3.05) is 0 Å². The second-order valence-electron chi connectivity index (χ2n) is 10.5. The van der Waals surface area contributed by atoms with Crippen molar-refractivity contribution in [2.45, 2.75) is 31.7 Å². The molecule has 38 heavy (non-hydrogen) atoms. The van der Waals surface area contributed by atoms with E-state index in [9.17, 15) is 4.39 Å². The Balaban J connectivity index is 1.50. The Hall–Kier alpha value is -4.37. The zero-order chi connectivity index (χ0) is 25.8. The van der Waals surface area contributed by atoms with Crippen LogP contribution in [0.4, 0.5) is 4.39 Å². The minimum Gasteiger partial charge on any atom is -0.207 e. The number of aromatic nitrogens is 2. The topological polar surface area (TPSA) is 7.76 Å². The Kier molecular flexibility index (Phi) is 5.33. The van der Waals surface area contributed by atoms with Gasteiger partial charge >= 0.3 is 0 Å². The molecular formula is C35H29FN2+2. The van der Waals surface area contributed by atoms with Crippen LogP contribution in [0.15, 0.2) is 116 Å². The highest BCUT2D eigenvalue weighted by atomic mass is 19.1. The van der Waals surface area contributed by atoms with Crippen LogP contribution in [0.1, 0.15) is 35.1 Å². The second-order valence-corrected chi connectivity index (χ2v) is 10.5. The Morgan fingerprint density at radius 1 is 0.789 bits per heavy atom. The zero-order valence-electron chi connectivity index (χ0n) is 21.4. The molecule has 2 aliphatic heterocycles. The van der Waals surface area contributed by atoms with Gasteiger partial charge in [0.2, 0.25) is 23.1 Å². The first kappa shape index (κ1) is 22.8. The number of fused-ring (bicyclic) bond motifs is 9. The van der Waals surface area contributed by atoms with Gasteiger partial charge in [0.05, 0.1) is 11.5 Å². The molecule has 0 saturated heterocycles. The molecule has 3 aromatic carbocycles. The quantitative estimate of drug-likeness (QED) is 0.213. The minimum absolute atomic E-state index is 0.0568. The average molecular weight is 497 g/mol. The minimum atomic E-state index is -0.227. The molecule has 3 heteroatoms. The number of halogens is 1. The van der Waals surface area contributed by atoms with E-state index >= 15 is 0 Å². The summed E-state index contributed by atoms with van der Waals surface area (Å²) in [6.07, 6.45) is 6.41. The van der Waals surface area contributed by atoms with Crippen LogP contribution in [0, 0.1) is 12.7 Å². The number of aryl methyl sites for hydroxylation is 2. The van der Waals surface area contributed by atoms with Gasteiger partial charge in [-0.15, -0.1) is 0 Å². The number of hydrogen-bond acceptors (Lipinski definition) is 0. The van der Waals surface area contributed by atoms with Crippen molar-refractivity contribution in [3.8, 4) is 33.6 Å². The lowest BCUT2D eigenvalue weighted by Crippen LogP contribution is -2.53. The molecule has 2 atom stereocenters. The fourth-order valence-corrected chi connectivity index (χ4v) is 6.54. The van der Waals surface area contributed by atoms with Crippen molar-refractivity contribution < 1.29 is 13.5 Å². The number of allylic oxidation sites excluding steroid dienone is 1. The van der Waals surface area contributed by atoms with Gasteiger partial charge in [-0.3, -0.25) is 0 Å². The number of rotatable bonds is 1. The number of pyridine rings is 2. The SMILES string of the molecule is C=C1C2C(CCc3ccccc3-c3ccc(-c4ccc(F)cc4)c[n+]31)c1ccccc1-c1c(C)ccc[n+]12. The van der Waals surface area contributed by atoms with Gasteiger partial charge in [-0.05, 0) is 79.4 Å². The van der Waals surface area contributed by atoms with Crippen molar-refractivity contribution in [1.29, 1.82) is 0 Å². The van der Waals surface area contributed by atoms with Crippen LogP contribution >= 0.6 is 0 Å². The first-order chi connectivity index (χ1) is 18.6. The monoisotopic (exact) mass is 496 g/mol. The Morgan fingerprint density at radius 2 is 1.53 bits per heavy atom. The van der Waals surface area contributed by atoms with Gasteiger partial charge in [-0.2, -0.15) is 9.13 Å². The average Bonchev–Trinajstić information content (AvgIpc) is 3.00. The third-order valence-corrected chi connectivity index (χ3v) is 8.32. The van der Waals surface area contributed by atoms with Gasteiger partial charge in [-0.1, -0.05) is 48.5 Å². The number of benzene rings is 3. The third-order valence-electron chi connectivity index (χ3n) is 8.32. The molecule has 0 bridgehead atoms. The van der Waals surface area contributed by atoms with E-state index < -0.39 is 0 Å². The Bertz CT molecular complexity index is 1720. The van der Waals surface area contributed by atoms with Gasteiger partial charge in [0, 0.05) is 28.8 Å². The molecule has 0 spiro atoms. The van der Waals surface area contributed by atoms with E-state index in [1.807, 2.05) is 12.1 Å². The summed E-state index contributed by atoms with van der Waals surface area (Å²) in [5.41, 5.74) is 12.0. The molecule has 0 saturated carbocycles. The maximum absolute atomic E-state index is 13.7. The Labute approximate surface area is 223 Å². The lowest BCUT2D eigenvalue weighted by atomic mass is 9.78. The first-order valence-electron chi connectivity index (χ1n) is 13.3. The Morgan fingerprint density at radius 3 is 2.37 bits per heavy atom. The van der Waals surface area contributed by atoms with E-state index in [0.717, 1.165) is 35.4 Å². The van der Waals surface area contributed by atoms with Crippen molar-refractivity contribution in [1.82, 2.24) is 0 Å². The van der Waals surface area contributed by atoms with Crippen molar-refractivity contribution in [2.24, 2.45) is 0 Å². The molecular weight excluding hydrogens is 467 g/mol. The van der Waals surface area contributed by atoms with E-state index in [-0.39, 0.29) is 17.8 Å². The predicted molar refractivity (Wildman–Crippen MR) is 150 cm³/mol. The van der Waals surface area contributed by atoms with Gasteiger partial charge in [-0.25, -0.2) is 4.39 Å². The maximum Gasteiger partial charge on any atom is 0.249 e. The highest BCUT2D eigenvalue weighted by molar-refractivity contribution is 5.70. The van der Waals surface area contributed by atoms with Gasteiger partial charge in [0.1, 0.15) is 5.82 Å². The maximum atomic E-state index is 13.7. The fraction of sp³-hybridized carbons (Fsp3) is 0.143. The van der Waals surface area contributed by atoms with Crippen molar-refractivity contribution in [3.05, 3.63) is 139 Å². The van der Waals surface area contributed by atoms with Crippen LogP contribution in [0.5, 0.6) is 0 Å². The summed E-state index contributed by atoms with van der Waals surface area (Å²) in [4.78, 5) is 0. The molecule has 4 heterocycles. The molecule has 0 fully saturated rings. The summed E-state index contributed by atoms with van der Waals surface area (Å²) < 4.78 is 18.4. The van der Waals surface area contributed by atoms with Gasteiger partial charge < -0.3 is 0 Å². The van der Waals surface area contributed by atoms with Crippen LogP contribution in [-0.4, -0.2) is 0 Å². The molecule has 7 rings (SSSR count). The van der Waals surface area contributed by atoms with E-state index in [1.165, 1.54) is 45.6 Å². The van der Waals surface area contributed by atoms with Crippen LogP contribution in [0.2, 0.25) is 0 Å². The smallest absolute Gasteiger partial charge is 0.207 e. The van der Waals surface area contributed by atoms with E-state index in [4.69, 9.17) is 6.58 Å². The lowest BCUT2D eigenvalue weighted by molar-refractivity contribution is -0.727. The molecule has 184 valence electrons. The fourth-order valence-electron chi connectivity index (χ4n) is 6.54. The van der Waals surface area contributed by atoms with E-state index in [0.29, 0.717) is 0 Å². The summed E-state index contributed by atoms with van der Waals surface area (Å²) in [6.45, 7) is 6.99. The van der Waals surface area contributed by atoms with Gasteiger partial charge in [0.15, 0.2) is 12.4 Å². The molecule has 2 aliphatic rings. The van der Waals surface area contributed by atoms with Crippen molar-refractivity contribution in [3.63, 3.8) is 0 Å². The van der Waals surface area contributed by atoms with Crippen LogP contribution in [-0.2, 0) is 6.42 Å². The molecule has 0 radical (unpaired) electrons. The van der Waals surface area contributed by atoms with E-state index in [1.54, 1.807) is 0 Å². The lowest BCUT2D eigenvalue weighted by Gasteiger charge is -2.30. The third kappa shape index (κ3) is 3.53. The normalized spacial score (nSPS) is 17.6. The highest BCUT2D eigenvalue weighted by Gasteiger charge is 2.47. The molecule has 0 amide bonds. The van der Waals surface area contributed by atoms with Crippen LogP contribution < -0.4 is 9.13 Å². The molecule has 5 aromatic rings. The standard InChI is InChI=1S/C35H29FN2/c1-23-8-7-21-37-34(23)31-12-6-5-11-30(31)32-19-15-26-9-3-4-10-29(26)33-20-16-27(22-38(33)24(2)35(32)37)25-13-17-28(36)18-14-25/h3-14,16-18,20-22,32,35H,2,15,19H2,1H3/q+2. The summed E-state index contributed by atoms with van der Waals surface area (Å²) in [7, 11) is 0. The largest absolute Gasteiger partial charge is 0.249 e. The molecule has 2 unspecified atom stereocenters. The van der Waals surface area contributed by atoms with Crippen LogP contribution in [0.25, 0.3) is 39.3 Å². The summed E-state index contributed by atoms with van der Waals surface area (Å²) in [6, 6.07) is 33.1. The predicted octanol–water partition coefficient (Wildman–Crippen LogP) is 7.47. The number of nitrogens with zero attached hydrogens (tertiary/aromatic N) is 2. The second kappa shape index (κ2) is 8.88.